The van der Waals surface area contributed by atoms with Gasteiger partial charge in [-0.2, -0.15) is 0 Å². The Morgan fingerprint density at radius 3 is 2.39 bits per heavy atom. The van der Waals surface area contributed by atoms with Crippen molar-refractivity contribution in [1.29, 1.82) is 0 Å². The van der Waals surface area contributed by atoms with E-state index in [2.05, 4.69) is 4.72 Å². The van der Waals surface area contributed by atoms with Gasteiger partial charge in [-0.15, -0.1) is 0 Å². The van der Waals surface area contributed by atoms with Crippen LogP contribution in [-0.4, -0.2) is 31.6 Å². The van der Waals surface area contributed by atoms with Crippen molar-refractivity contribution in [1.82, 2.24) is 4.90 Å². The van der Waals surface area contributed by atoms with Gasteiger partial charge in [-0.25, -0.2) is 8.42 Å². The lowest BCUT2D eigenvalue weighted by atomic mass is 9.99. The van der Waals surface area contributed by atoms with Crippen LogP contribution >= 0.6 is 0 Å². The summed E-state index contributed by atoms with van der Waals surface area (Å²) in [4.78, 5) is 25.7. The molecule has 0 saturated heterocycles. The maximum absolute atomic E-state index is 12.7. The molecule has 6 nitrogen and oxygen atoms in total. The summed E-state index contributed by atoms with van der Waals surface area (Å²) in [7, 11) is -3.76. The van der Waals surface area contributed by atoms with E-state index in [1.165, 1.54) is 31.2 Å². The van der Waals surface area contributed by atoms with Gasteiger partial charge in [0, 0.05) is 30.3 Å². The lowest BCUT2D eigenvalue weighted by Crippen LogP contribution is -2.36. The van der Waals surface area contributed by atoms with Crippen LogP contribution in [0.4, 0.5) is 5.69 Å². The number of fused-ring (bicyclic) bond motifs is 1. The summed E-state index contributed by atoms with van der Waals surface area (Å²) in [6, 6.07) is 11.3. The predicted octanol–water partition coefficient (Wildman–Crippen LogP) is 2.98. The number of benzene rings is 2. The largest absolute Gasteiger partial charge is 0.338 e. The minimum absolute atomic E-state index is 0.0979. The summed E-state index contributed by atoms with van der Waals surface area (Å²) in [5.41, 5.74) is 3.06. The second-order valence-corrected chi connectivity index (χ2v) is 9.14. The minimum atomic E-state index is -3.76. The Hall–Kier alpha value is -2.67. The Balaban J connectivity index is 1.52. The van der Waals surface area contributed by atoms with Crippen molar-refractivity contribution in [2.24, 2.45) is 5.92 Å². The Labute approximate surface area is 164 Å². The van der Waals surface area contributed by atoms with Crippen molar-refractivity contribution in [3.8, 4) is 0 Å². The Morgan fingerprint density at radius 2 is 1.75 bits per heavy atom. The molecule has 0 bridgehead atoms. The molecule has 1 amide bonds. The van der Waals surface area contributed by atoms with Crippen molar-refractivity contribution in [3.63, 3.8) is 0 Å². The molecule has 0 radical (unpaired) electrons. The number of nitrogens with one attached hydrogen (secondary N) is 1. The van der Waals surface area contributed by atoms with Crippen molar-refractivity contribution in [3.05, 3.63) is 59.2 Å². The first-order valence-corrected chi connectivity index (χ1v) is 10.9. The van der Waals surface area contributed by atoms with Crippen LogP contribution in [0, 0.1) is 5.92 Å². The molecule has 1 heterocycles. The number of carbonyl (C=O) groups is 2. The second kappa shape index (κ2) is 7.05. The van der Waals surface area contributed by atoms with Crippen molar-refractivity contribution in [2.75, 3.05) is 11.3 Å². The minimum Gasteiger partial charge on any atom is -0.338 e. The van der Waals surface area contributed by atoms with Gasteiger partial charge in [0.1, 0.15) is 0 Å². The zero-order valence-corrected chi connectivity index (χ0v) is 16.5. The van der Waals surface area contributed by atoms with Crippen LogP contribution in [0.2, 0.25) is 0 Å². The van der Waals surface area contributed by atoms with Crippen LogP contribution in [-0.2, 0) is 27.8 Å². The topological polar surface area (TPSA) is 83.6 Å². The van der Waals surface area contributed by atoms with Gasteiger partial charge in [0.15, 0.2) is 5.78 Å². The number of nitrogens with zero attached hydrogens (tertiary/aromatic N) is 1. The van der Waals surface area contributed by atoms with E-state index in [9.17, 15) is 18.0 Å². The number of amides is 1. The lowest BCUT2D eigenvalue weighted by molar-refractivity contribution is -0.133. The zero-order chi connectivity index (χ0) is 19.9. The average Bonchev–Trinajstić information content (AvgIpc) is 3.52. The number of anilines is 1. The molecule has 1 aliphatic heterocycles. The number of sulfonamides is 1. The molecule has 1 fully saturated rings. The van der Waals surface area contributed by atoms with Crippen LogP contribution in [0.25, 0.3) is 0 Å². The number of rotatable bonds is 5. The summed E-state index contributed by atoms with van der Waals surface area (Å²) in [5, 5.41) is 0. The monoisotopic (exact) mass is 398 g/mol. The number of hydrogen-bond donors (Lipinski definition) is 1. The molecule has 7 heteroatoms. The van der Waals surface area contributed by atoms with E-state index in [1.54, 1.807) is 6.07 Å². The van der Waals surface area contributed by atoms with E-state index in [0.717, 1.165) is 36.9 Å². The SMILES string of the molecule is CC(=O)c1ccc(S(=O)(=O)Nc2ccc3c(c2)CN(C(=O)C2CC2)CC3)cc1. The summed E-state index contributed by atoms with van der Waals surface area (Å²) >= 11 is 0. The van der Waals surface area contributed by atoms with Gasteiger partial charge in [0.2, 0.25) is 5.91 Å². The molecular formula is C21H22N2O4S. The molecule has 4 rings (SSSR count). The van der Waals surface area contributed by atoms with E-state index < -0.39 is 10.0 Å². The smallest absolute Gasteiger partial charge is 0.261 e. The Morgan fingerprint density at radius 1 is 1.04 bits per heavy atom. The number of Topliss-reactive ketones (excluding diaryl/α,β-unsaturated/α-hetero) is 1. The molecule has 2 aromatic rings. The lowest BCUT2D eigenvalue weighted by Gasteiger charge is -2.29. The molecule has 2 aliphatic rings. The molecule has 2 aromatic carbocycles. The zero-order valence-electron chi connectivity index (χ0n) is 15.6. The van der Waals surface area contributed by atoms with Gasteiger partial charge in [-0.05, 0) is 61.6 Å². The van der Waals surface area contributed by atoms with Crippen LogP contribution in [0.3, 0.4) is 0 Å². The van der Waals surface area contributed by atoms with Crippen LogP contribution in [0.15, 0.2) is 47.4 Å². The molecule has 0 unspecified atom stereocenters. The first-order chi connectivity index (χ1) is 13.3. The van der Waals surface area contributed by atoms with Gasteiger partial charge in [0.05, 0.1) is 4.90 Å². The fourth-order valence-corrected chi connectivity index (χ4v) is 4.53. The molecule has 1 saturated carbocycles. The van der Waals surface area contributed by atoms with Crippen molar-refractivity contribution in [2.45, 2.75) is 37.6 Å². The molecule has 146 valence electrons. The van der Waals surface area contributed by atoms with Gasteiger partial charge in [-0.1, -0.05) is 18.2 Å². The standard InChI is InChI=1S/C21H22N2O4S/c1-14(24)15-5-8-20(9-6-15)28(26,27)22-19-7-4-16-10-11-23(13-18(16)12-19)21(25)17-2-3-17/h4-9,12,17,22H,2-3,10-11,13H2,1H3. The van der Waals surface area contributed by atoms with Crippen LogP contribution < -0.4 is 4.72 Å². The average molecular weight is 398 g/mol. The first kappa shape index (κ1) is 18.7. The molecule has 1 aliphatic carbocycles. The fraction of sp³-hybridized carbons (Fsp3) is 0.333. The quantitative estimate of drug-likeness (QED) is 0.785. The highest BCUT2D eigenvalue weighted by Gasteiger charge is 2.34. The summed E-state index contributed by atoms with van der Waals surface area (Å²) in [6.45, 7) is 2.68. The highest BCUT2D eigenvalue weighted by molar-refractivity contribution is 7.92. The third kappa shape index (κ3) is 3.80. The summed E-state index contributed by atoms with van der Waals surface area (Å²) in [5.74, 6) is 0.278. The molecule has 0 spiro atoms. The maximum Gasteiger partial charge on any atom is 0.261 e. The van der Waals surface area contributed by atoms with E-state index in [1.807, 2.05) is 17.0 Å². The summed E-state index contributed by atoms with van der Waals surface area (Å²) < 4.78 is 27.9. The highest BCUT2D eigenvalue weighted by atomic mass is 32.2. The van der Waals surface area contributed by atoms with E-state index in [-0.39, 0.29) is 22.5 Å². The van der Waals surface area contributed by atoms with E-state index in [4.69, 9.17) is 0 Å². The van der Waals surface area contributed by atoms with Gasteiger partial charge < -0.3 is 4.90 Å². The molecular weight excluding hydrogens is 376 g/mol. The maximum atomic E-state index is 12.7. The first-order valence-electron chi connectivity index (χ1n) is 9.38. The number of carbonyl (C=O) groups excluding carboxylic acids is 2. The van der Waals surface area contributed by atoms with Crippen LogP contribution in [0.1, 0.15) is 41.3 Å². The van der Waals surface area contributed by atoms with Gasteiger partial charge in [-0.3, -0.25) is 14.3 Å². The van der Waals surface area contributed by atoms with Gasteiger partial charge in [0.25, 0.3) is 10.0 Å². The molecule has 1 N–H and O–H groups in total. The van der Waals surface area contributed by atoms with Crippen molar-refractivity contribution < 1.29 is 18.0 Å². The molecule has 0 atom stereocenters. The van der Waals surface area contributed by atoms with Crippen LogP contribution in [0.5, 0.6) is 0 Å². The number of hydrogen-bond acceptors (Lipinski definition) is 4. The third-order valence-corrected chi connectivity index (χ3v) is 6.68. The van der Waals surface area contributed by atoms with E-state index >= 15 is 0 Å². The predicted molar refractivity (Wildman–Crippen MR) is 106 cm³/mol. The second-order valence-electron chi connectivity index (χ2n) is 7.45. The molecule has 28 heavy (non-hydrogen) atoms. The summed E-state index contributed by atoms with van der Waals surface area (Å²) in [6.07, 6.45) is 2.74. The Kier molecular flexibility index (Phi) is 4.71. The highest BCUT2D eigenvalue weighted by Crippen LogP contribution is 2.33. The number of ketones is 1. The van der Waals surface area contributed by atoms with Crippen molar-refractivity contribution >= 4 is 27.4 Å². The van der Waals surface area contributed by atoms with E-state index in [0.29, 0.717) is 17.8 Å². The third-order valence-electron chi connectivity index (χ3n) is 5.28. The molecule has 0 aromatic heterocycles. The van der Waals surface area contributed by atoms with Gasteiger partial charge >= 0.3 is 0 Å². The Bertz CT molecular complexity index is 1040. The normalized spacial score (nSPS) is 16.4. The fourth-order valence-electron chi connectivity index (χ4n) is 3.48.